The van der Waals surface area contributed by atoms with Gasteiger partial charge in [-0.3, -0.25) is 4.79 Å². The molecule has 15 heavy (non-hydrogen) atoms. The average molecular weight is 213 g/mol. The van der Waals surface area contributed by atoms with Crippen molar-refractivity contribution in [3.05, 3.63) is 0 Å². The number of carbonyl (C=O) groups is 2. The normalized spacial score (nSPS) is 38.3. The minimum atomic E-state index is -1.08. The van der Waals surface area contributed by atoms with E-state index in [0.717, 1.165) is 0 Å². The van der Waals surface area contributed by atoms with Crippen LogP contribution in [0.1, 0.15) is 20.3 Å². The summed E-state index contributed by atoms with van der Waals surface area (Å²) in [5.74, 6) is -1.42. The minimum absolute atomic E-state index is 0.109. The number of esters is 1. The number of hydrogen-bond donors (Lipinski definition) is 1. The van der Waals surface area contributed by atoms with Gasteiger partial charge in [0.2, 0.25) is 0 Å². The van der Waals surface area contributed by atoms with Gasteiger partial charge in [0.25, 0.3) is 0 Å². The molecule has 3 atom stereocenters. The van der Waals surface area contributed by atoms with Gasteiger partial charge in [0, 0.05) is 5.92 Å². The Balaban J connectivity index is 2.24. The van der Waals surface area contributed by atoms with Crippen LogP contribution in [0.4, 0.5) is 0 Å². The van der Waals surface area contributed by atoms with Crippen LogP contribution in [0.15, 0.2) is 0 Å². The molecule has 0 aromatic rings. The van der Waals surface area contributed by atoms with Crippen LogP contribution in [0, 0.1) is 11.8 Å². The second-order valence-corrected chi connectivity index (χ2v) is 4.87. The summed E-state index contributed by atoms with van der Waals surface area (Å²) < 4.78 is 5.24. The Morgan fingerprint density at radius 1 is 1.60 bits per heavy atom. The van der Waals surface area contributed by atoms with E-state index in [4.69, 9.17) is 4.74 Å². The van der Waals surface area contributed by atoms with Gasteiger partial charge < -0.3 is 20.0 Å². The number of quaternary nitrogens is 1. The SMILES string of the molecule is CC1(C)OC(=O)C[C@@H]2[C@@H](C(=O)[O-])[NH2+]C[C@@H]21. The third-order valence-corrected chi connectivity index (χ3v) is 3.57. The predicted octanol–water partition coefficient (Wildman–Crippen LogP) is -2.36. The fourth-order valence-electron chi connectivity index (χ4n) is 2.84. The molecule has 2 saturated heterocycles. The number of rotatable bonds is 1. The molecule has 0 unspecified atom stereocenters. The Bertz CT molecular complexity index is 313. The van der Waals surface area contributed by atoms with Crippen LogP contribution in [-0.2, 0) is 14.3 Å². The third-order valence-electron chi connectivity index (χ3n) is 3.57. The number of ether oxygens (including phenoxy) is 1. The van der Waals surface area contributed by atoms with E-state index >= 15 is 0 Å². The van der Waals surface area contributed by atoms with E-state index in [9.17, 15) is 14.7 Å². The van der Waals surface area contributed by atoms with Gasteiger partial charge in [-0.05, 0) is 13.8 Å². The summed E-state index contributed by atoms with van der Waals surface area (Å²) in [4.78, 5) is 22.2. The Kier molecular flexibility index (Phi) is 2.22. The fourth-order valence-corrected chi connectivity index (χ4v) is 2.84. The molecular weight excluding hydrogens is 198 g/mol. The summed E-state index contributed by atoms with van der Waals surface area (Å²) >= 11 is 0. The highest BCUT2D eigenvalue weighted by Gasteiger charge is 2.53. The monoisotopic (exact) mass is 213 g/mol. The third kappa shape index (κ3) is 1.61. The van der Waals surface area contributed by atoms with Crippen molar-refractivity contribution >= 4 is 11.9 Å². The molecule has 0 aromatic carbocycles. The van der Waals surface area contributed by atoms with Gasteiger partial charge in [-0.1, -0.05) is 0 Å². The summed E-state index contributed by atoms with van der Waals surface area (Å²) in [6.07, 6.45) is 0.198. The van der Waals surface area contributed by atoms with Crippen molar-refractivity contribution in [3.63, 3.8) is 0 Å². The lowest BCUT2D eigenvalue weighted by atomic mass is 9.76. The summed E-state index contributed by atoms with van der Waals surface area (Å²) in [5, 5.41) is 12.6. The zero-order valence-corrected chi connectivity index (χ0v) is 8.86. The second-order valence-electron chi connectivity index (χ2n) is 4.87. The molecule has 0 saturated carbocycles. The van der Waals surface area contributed by atoms with Crippen LogP contribution in [0.2, 0.25) is 0 Å². The smallest absolute Gasteiger partial charge is 0.306 e. The highest BCUT2D eigenvalue weighted by molar-refractivity contribution is 5.75. The lowest BCUT2D eigenvalue weighted by Gasteiger charge is -2.38. The summed E-state index contributed by atoms with van der Waals surface area (Å²) in [7, 11) is 0. The quantitative estimate of drug-likeness (QED) is 0.494. The number of aliphatic carboxylic acids is 1. The largest absolute Gasteiger partial charge is 0.544 e. The van der Waals surface area contributed by atoms with Crippen molar-refractivity contribution in [2.24, 2.45) is 11.8 Å². The molecule has 2 aliphatic heterocycles. The van der Waals surface area contributed by atoms with Gasteiger partial charge in [-0.25, -0.2) is 0 Å². The summed E-state index contributed by atoms with van der Waals surface area (Å²) in [5.41, 5.74) is -0.555. The molecule has 0 aromatic heterocycles. The van der Waals surface area contributed by atoms with E-state index in [2.05, 4.69) is 0 Å². The van der Waals surface area contributed by atoms with Crippen LogP contribution in [0.3, 0.4) is 0 Å². The maximum atomic E-state index is 11.3. The van der Waals surface area contributed by atoms with Gasteiger partial charge in [0.1, 0.15) is 11.6 Å². The van der Waals surface area contributed by atoms with Crippen LogP contribution in [0.25, 0.3) is 0 Å². The zero-order chi connectivity index (χ0) is 11.2. The summed E-state index contributed by atoms with van der Waals surface area (Å²) in [6, 6.07) is -0.595. The highest BCUT2D eigenvalue weighted by Crippen LogP contribution is 2.38. The van der Waals surface area contributed by atoms with Crippen LogP contribution >= 0.6 is 0 Å². The number of carbonyl (C=O) groups excluding carboxylic acids is 2. The van der Waals surface area contributed by atoms with Crippen molar-refractivity contribution in [3.8, 4) is 0 Å². The predicted molar refractivity (Wildman–Crippen MR) is 47.4 cm³/mol. The second kappa shape index (κ2) is 3.20. The van der Waals surface area contributed by atoms with E-state index in [1.54, 1.807) is 5.32 Å². The Hall–Kier alpha value is -1.10. The van der Waals surface area contributed by atoms with Gasteiger partial charge in [-0.15, -0.1) is 0 Å². The van der Waals surface area contributed by atoms with Crippen LogP contribution in [-0.4, -0.2) is 30.1 Å². The molecule has 2 fully saturated rings. The van der Waals surface area contributed by atoms with Crippen LogP contribution < -0.4 is 10.4 Å². The fraction of sp³-hybridized carbons (Fsp3) is 0.800. The lowest BCUT2D eigenvalue weighted by Crippen LogP contribution is -2.90. The van der Waals surface area contributed by atoms with Crippen molar-refractivity contribution in [1.82, 2.24) is 0 Å². The van der Waals surface area contributed by atoms with Gasteiger partial charge >= 0.3 is 5.97 Å². The maximum absolute atomic E-state index is 11.3. The Labute approximate surface area is 87.8 Å². The minimum Gasteiger partial charge on any atom is -0.544 e. The van der Waals surface area contributed by atoms with E-state index in [0.29, 0.717) is 6.54 Å². The van der Waals surface area contributed by atoms with Gasteiger partial charge in [-0.2, -0.15) is 0 Å². The maximum Gasteiger partial charge on any atom is 0.306 e. The molecule has 0 aliphatic carbocycles. The van der Waals surface area contributed by atoms with E-state index in [1.165, 1.54) is 0 Å². The molecule has 5 heteroatoms. The molecule has 84 valence electrons. The van der Waals surface area contributed by atoms with E-state index < -0.39 is 17.6 Å². The molecule has 2 aliphatic rings. The number of cyclic esters (lactones) is 1. The molecule has 2 heterocycles. The van der Waals surface area contributed by atoms with Crippen LogP contribution in [0.5, 0.6) is 0 Å². The topological polar surface area (TPSA) is 83.0 Å². The Morgan fingerprint density at radius 3 is 2.87 bits per heavy atom. The molecular formula is C10H15NO4. The number of fused-ring (bicyclic) bond motifs is 1. The molecule has 2 rings (SSSR count). The highest BCUT2D eigenvalue weighted by atomic mass is 16.6. The van der Waals surface area contributed by atoms with E-state index in [-0.39, 0.29) is 24.2 Å². The van der Waals surface area contributed by atoms with E-state index in [1.807, 2.05) is 13.8 Å². The molecule has 0 amide bonds. The lowest BCUT2D eigenvalue weighted by molar-refractivity contribution is -0.669. The summed E-state index contributed by atoms with van der Waals surface area (Å²) in [6.45, 7) is 4.37. The van der Waals surface area contributed by atoms with Crippen molar-refractivity contribution < 1.29 is 24.7 Å². The number of carboxylic acids is 1. The first-order valence-corrected chi connectivity index (χ1v) is 5.18. The first-order valence-electron chi connectivity index (χ1n) is 5.18. The van der Waals surface area contributed by atoms with Crippen molar-refractivity contribution in [2.45, 2.75) is 31.9 Å². The molecule has 0 bridgehead atoms. The number of carboxylic acid groups (broad SMARTS) is 1. The molecule has 2 N–H and O–H groups in total. The van der Waals surface area contributed by atoms with Gasteiger partial charge in [0.15, 0.2) is 0 Å². The average Bonchev–Trinajstić information content (AvgIpc) is 2.45. The first-order chi connectivity index (χ1) is 6.92. The van der Waals surface area contributed by atoms with Crippen molar-refractivity contribution in [2.75, 3.05) is 6.54 Å². The number of hydrogen-bond acceptors (Lipinski definition) is 4. The number of nitrogens with two attached hydrogens (primary N) is 1. The molecule has 0 spiro atoms. The van der Waals surface area contributed by atoms with Crippen molar-refractivity contribution in [1.29, 1.82) is 0 Å². The molecule has 5 nitrogen and oxygen atoms in total. The zero-order valence-electron chi connectivity index (χ0n) is 8.86. The Morgan fingerprint density at radius 2 is 2.27 bits per heavy atom. The van der Waals surface area contributed by atoms with Gasteiger partial charge in [0.05, 0.1) is 24.9 Å². The molecule has 0 radical (unpaired) electrons. The standard InChI is InChI=1S/C10H15NO4/c1-10(2)6-4-11-8(9(13)14)5(6)3-7(12)15-10/h5-6,8,11H,3-4H2,1-2H3,(H,13,14)/t5-,6-,8-/m0/s1. The first kappa shape index (κ1) is 10.4.